The van der Waals surface area contributed by atoms with E-state index in [1.807, 2.05) is 19.2 Å². The average molecular weight is 243 g/mol. The maximum absolute atomic E-state index is 12.9. The van der Waals surface area contributed by atoms with Crippen molar-refractivity contribution in [2.75, 3.05) is 11.9 Å². The first kappa shape index (κ1) is 13.6. The van der Waals surface area contributed by atoms with Gasteiger partial charge in [0.25, 0.3) is 5.91 Å². The van der Waals surface area contributed by atoms with E-state index in [0.29, 0.717) is 6.04 Å². The van der Waals surface area contributed by atoms with Crippen molar-refractivity contribution in [1.82, 2.24) is 0 Å². The number of hydrogen-bond donors (Lipinski definition) is 2. The number of amides is 1. The van der Waals surface area contributed by atoms with Gasteiger partial charge in [-0.3, -0.25) is 4.79 Å². The van der Waals surface area contributed by atoms with Gasteiger partial charge in [-0.25, -0.2) is 8.78 Å². The molecule has 0 heterocycles. The van der Waals surface area contributed by atoms with Gasteiger partial charge in [0.1, 0.15) is 0 Å². The molecule has 0 fully saturated rings. The van der Waals surface area contributed by atoms with E-state index in [4.69, 9.17) is 0 Å². The quantitative estimate of drug-likeness (QED) is 0.803. The predicted octanol–water partition coefficient (Wildman–Crippen LogP) is 1.27. The van der Waals surface area contributed by atoms with Crippen LogP contribution in [-0.4, -0.2) is 18.5 Å². The number of carbonyl (C=O) groups excluding carboxylic acids is 1. The lowest BCUT2D eigenvalue weighted by molar-refractivity contribution is -0.675. The van der Waals surface area contributed by atoms with Crippen LogP contribution < -0.4 is 10.6 Å². The first-order valence-electron chi connectivity index (χ1n) is 5.61. The molecule has 1 atom stereocenters. The number of nitrogens with two attached hydrogens (primary N) is 1. The molecule has 1 aromatic carbocycles. The summed E-state index contributed by atoms with van der Waals surface area (Å²) in [6.07, 6.45) is 0.971. The molecule has 94 valence electrons. The average Bonchev–Trinajstić information content (AvgIpc) is 2.31. The highest BCUT2D eigenvalue weighted by Gasteiger charge is 2.09. The highest BCUT2D eigenvalue weighted by atomic mass is 19.2. The number of hydrogen-bond acceptors (Lipinski definition) is 1. The normalized spacial score (nSPS) is 12.2. The minimum Gasteiger partial charge on any atom is -0.336 e. The van der Waals surface area contributed by atoms with Crippen molar-refractivity contribution in [2.45, 2.75) is 26.3 Å². The molecule has 3 N–H and O–H groups in total. The molecule has 0 aromatic heterocycles. The van der Waals surface area contributed by atoms with Gasteiger partial charge in [-0.1, -0.05) is 6.92 Å². The Balaban J connectivity index is 2.48. The van der Waals surface area contributed by atoms with E-state index in [9.17, 15) is 13.6 Å². The van der Waals surface area contributed by atoms with Crippen molar-refractivity contribution in [1.29, 1.82) is 0 Å². The van der Waals surface area contributed by atoms with Crippen LogP contribution in [0.15, 0.2) is 18.2 Å². The largest absolute Gasteiger partial charge is 0.336 e. The van der Waals surface area contributed by atoms with Crippen LogP contribution in [0, 0.1) is 11.6 Å². The van der Waals surface area contributed by atoms with Crippen molar-refractivity contribution in [3.63, 3.8) is 0 Å². The van der Waals surface area contributed by atoms with Gasteiger partial charge >= 0.3 is 0 Å². The van der Waals surface area contributed by atoms with Gasteiger partial charge in [-0.2, -0.15) is 0 Å². The lowest BCUT2D eigenvalue weighted by Gasteiger charge is -2.08. The summed E-state index contributed by atoms with van der Waals surface area (Å²) in [4.78, 5) is 11.5. The summed E-state index contributed by atoms with van der Waals surface area (Å²) in [5.74, 6) is -2.11. The van der Waals surface area contributed by atoms with Crippen LogP contribution in [-0.2, 0) is 4.79 Å². The van der Waals surface area contributed by atoms with Gasteiger partial charge in [-0.15, -0.1) is 0 Å². The molecule has 3 nitrogen and oxygen atoms in total. The molecular formula is C12H17F2N2O+. The van der Waals surface area contributed by atoms with E-state index in [1.165, 1.54) is 6.07 Å². The van der Waals surface area contributed by atoms with Gasteiger partial charge in [-0.05, 0) is 25.5 Å². The molecule has 5 heteroatoms. The third-order valence-electron chi connectivity index (χ3n) is 2.55. The topological polar surface area (TPSA) is 45.7 Å². The Kier molecular flexibility index (Phi) is 5.03. The van der Waals surface area contributed by atoms with Crippen molar-refractivity contribution < 1.29 is 18.9 Å². The third-order valence-corrected chi connectivity index (χ3v) is 2.55. The number of nitrogens with one attached hydrogen (secondary N) is 1. The van der Waals surface area contributed by atoms with E-state index in [0.717, 1.165) is 18.6 Å². The number of halogens is 2. The molecule has 0 aliphatic carbocycles. The van der Waals surface area contributed by atoms with Gasteiger partial charge in [0.2, 0.25) is 0 Å². The molecule has 0 aliphatic heterocycles. The van der Waals surface area contributed by atoms with Gasteiger partial charge in [0.05, 0.1) is 6.04 Å². The van der Waals surface area contributed by atoms with Crippen molar-refractivity contribution in [3.8, 4) is 0 Å². The monoisotopic (exact) mass is 243 g/mol. The van der Waals surface area contributed by atoms with Crippen LogP contribution in [0.1, 0.15) is 20.3 Å². The van der Waals surface area contributed by atoms with Crippen LogP contribution in [0.5, 0.6) is 0 Å². The summed E-state index contributed by atoms with van der Waals surface area (Å²) in [6.45, 7) is 4.33. The lowest BCUT2D eigenvalue weighted by atomic mass is 10.2. The maximum Gasteiger partial charge on any atom is 0.279 e. The molecule has 0 saturated carbocycles. The predicted molar refractivity (Wildman–Crippen MR) is 61.5 cm³/mol. The molecule has 1 aromatic rings. The minimum absolute atomic E-state index is 0.226. The fourth-order valence-corrected chi connectivity index (χ4v) is 1.26. The van der Waals surface area contributed by atoms with E-state index in [-0.39, 0.29) is 18.1 Å². The Morgan fingerprint density at radius 3 is 2.71 bits per heavy atom. The molecule has 17 heavy (non-hydrogen) atoms. The van der Waals surface area contributed by atoms with Gasteiger partial charge in [0, 0.05) is 11.8 Å². The second kappa shape index (κ2) is 6.30. The molecule has 0 aliphatic rings. The summed E-state index contributed by atoms with van der Waals surface area (Å²) in [6, 6.07) is 3.66. The summed E-state index contributed by atoms with van der Waals surface area (Å²) in [5.41, 5.74) is 0.270. The van der Waals surface area contributed by atoms with Crippen LogP contribution in [0.25, 0.3) is 0 Å². The minimum atomic E-state index is -0.964. The Bertz CT molecular complexity index is 396. The number of benzene rings is 1. The summed E-state index contributed by atoms with van der Waals surface area (Å²) < 4.78 is 25.5. The number of rotatable bonds is 5. The Morgan fingerprint density at radius 2 is 2.12 bits per heavy atom. The SMILES string of the molecule is CC[C@H](C)[NH2+]CC(=O)Nc1ccc(F)c(F)c1. The second-order valence-electron chi connectivity index (χ2n) is 4.00. The maximum atomic E-state index is 12.9. The standard InChI is InChI=1S/C12H16F2N2O/c1-3-8(2)15-7-12(17)16-9-4-5-10(13)11(14)6-9/h4-6,8,15H,3,7H2,1-2H3,(H,16,17)/p+1/t8-/m0/s1. The first-order chi connectivity index (χ1) is 8.02. The fourth-order valence-electron chi connectivity index (χ4n) is 1.26. The molecule has 1 rings (SSSR count). The zero-order valence-electron chi connectivity index (χ0n) is 9.97. The van der Waals surface area contributed by atoms with Gasteiger partial charge < -0.3 is 10.6 Å². The summed E-state index contributed by atoms with van der Waals surface area (Å²) >= 11 is 0. The van der Waals surface area contributed by atoms with E-state index < -0.39 is 11.6 Å². The number of anilines is 1. The van der Waals surface area contributed by atoms with Crippen LogP contribution >= 0.6 is 0 Å². The van der Waals surface area contributed by atoms with E-state index >= 15 is 0 Å². The zero-order valence-corrected chi connectivity index (χ0v) is 9.97. The van der Waals surface area contributed by atoms with Crippen molar-refractivity contribution >= 4 is 11.6 Å². The fraction of sp³-hybridized carbons (Fsp3) is 0.417. The molecule has 0 bridgehead atoms. The van der Waals surface area contributed by atoms with Crippen LogP contribution in [0.4, 0.5) is 14.5 Å². The highest BCUT2D eigenvalue weighted by molar-refractivity contribution is 5.91. The third kappa shape index (κ3) is 4.48. The summed E-state index contributed by atoms with van der Waals surface area (Å²) in [5, 5.41) is 4.41. The van der Waals surface area contributed by atoms with E-state index in [2.05, 4.69) is 5.32 Å². The molecule has 0 saturated heterocycles. The lowest BCUT2D eigenvalue weighted by Crippen LogP contribution is -2.90. The second-order valence-corrected chi connectivity index (χ2v) is 4.00. The van der Waals surface area contributed by atoms with Crippen molar-refractivity contribution in [3.05, 3.63) is 29.8 Å². The molecule has 0 spiro atoms. The zero-order chi connectivity index (χ0) is 12.8. The Labute approximate surface area is 99.2 Å². The summed E-state index contributed by atoms with van der Waals surface area (Å²) in [7, 11) is 0. The van der Waals surface area contributed by atoms with E-state index in [1.54, 1.807) is 0 Å². The molecule has 1 amide bonds. The Hall–Kier alpha value is -1.49. The smallest absolute Gasteiger partial charge is 0.279 e. The molecule has 0 radical (unpaired) electrons. The first-order valence-corrected chi connectivity index (χ1v) is 5.61. The Morgan fingerprint density at radius 1 is 1.41 bits per heavy atom. The molecule has 0 unspecified atom stereocenters. The number of quaternary nitrogens is 1. The molecular weight excluding hydrogens is 226 g/mol. The van der Waals surface area contributed by atoms with Crippen molar-refractivity contribution in [2.24, 2.45) is 0 Å². The van der Waals surface area contributed by atoms with Crippen LogP contribution in [0.3, 0.4) is 0 Å². The highest BCUT2D eigenvalue weighted by Crippen LogP contribution is 2.12. The van der Waals surface area contributed by atoms with Gasteiger partial charge in [0.15, 0.2) is 18.2 Å². The number of carbonyl (C=O) groups is 1. The van der Waals surface area contributed by atoms with Crippen LogP contribution in [0.2, 0.25) is 0 Å².